The van der Waals surface area contributed by atoms with Gasteiger partial charge in [-0.2, -0.15) is 0 Å². The molecule has 0 bridgehead atoms. The fourth-order valence-corrected chi connectivity index (χ4v) is 2.64. The van der Waals surface area contributed by atoms with Gasteiger partial charge in [-0.05, 0) is 5.92 Å². The summed E-state index contributed by atoms with van der Waals surface area (Å²) in [6.45, 7) is 4.08. The number of benzene rings is 1. The number of nitro benzene ring substituents is 1. The second-order valence-electron chi connectivity index (χ2n) is 4.65. The van der Waals surface area contributed by atoms with Gasteiger partial charge in [-0.1, -0.05) is 26.0 Å². The van der Waals surface area contributed by atoms with E-state index < -0.39 is 4.92 Å². The molecule has 0 amide bonds. The van der Waals surface area contributed by atoms with Gasteiger partial charge in [0.1, 0.15) is 5.01 Å². The van der Waals surface area contributed by atoms with Gasteiger partial charge in [0.05, 0.1) is 16.7 Å². The molecule has 0 spiro atoms. The van der Waals surface area contributed by atoms with Crippen LogP contribution in [0.2, 0.25) is 0 Å². The van der Waals surface area contributed by atoms with Crippen molar-refractivity contribution in [3.8, 4) is 11.3 Å². The lowest BCUT2D eigenvalue weighted by atomic mass is 10.1. The maximum Gasteiger partial charge on any atom is 0.270 e. The van der Waals surface area contributed by atoms with E-state index >= 15 is 0 Å². The smallest absolute Gasteiger partial charge is 0.270 e. The molecule has 2 aromatic rings. The Morgan fingerprint density at radius 2 is 2.16 bits per heavy atom. The molecule has 19 heavy (non-hydrogen) atoms. The summed E-state index contributed by atoms with van der Waals surface area (Å²) in [5.41, 5.74) is 7.60. The molecule has 0 saturated heterocycles. The van der Waals surface area contributed by atoms with Crippen LogP contribution >= 0.6 is 11.3 Å². The fraction of sp³-hybridized carbons (Fsp3) is 0.308. The van der Waals surface area contributed by atoms with Gasteiger partial charge in [0.25, 0.3) is 5.69 Å². The van der Waals surface area contributed by atoms with Gasteiger partial charge in [0.2, 0.25) is 0 Å². The second-order valence-corrected chi connectivity index (χ2v) is 5.54. The summed E-state index contributed by atoms with van der Waals surface area (Å²) in [7, 11) is 0. The summed E-state index contributed by atoms with van der Waals surface area (Å²) in [5, 5.41) is 13.5. The van der Waals surface area contributed by atoms with E-state index in [2.05, 4.69) is 4.98 Å². The molecule has 1 atom stereocenters. The molecule has 5 nitrogen and oxygen atoms in total. The van der Waals surface area contributed by atoms with Crippen LogP contribution in [0.5, 0.6) is 0 Å². The maximum atomic E-state index is 10.8. The van der Waals surface area contributed by atoms with Crippen LogP contribution in [-0.2, 0) is 0 Å². The fourth-order valence-electron chi connectivity index (χ4n) is 1.64. The molecule has 0 saturated carbocycles. The second kappa shape index (κ2) is 5.46. The molecule has 0 aliphatic heterocycles. The Kier molecular flexibility index (Phi) is 3.92. The van der Waals surface area contributed by atoms with E-state index in [0.717, 1.165) is 16.3 Å². The van der Waals surface area contributed by atoms with Gasteiger partial charge >= 0.3 is 0 Å². The van der Waals surface area contributed by atoms with Gasteiger partial charge < -0.3 is 5.73 Å². The Morgan fingerprint density at radius 3 is 2.79 bits per heavy atom. The number of rotatable bonds is 4. The summed E-state index contributed by atoms with van der Waals surface area (Å²) in [4.78, 5) is 14.8. The topological polar surface area (TPSA) is 82.0 Å². The lowest BCUT2D eigenvalue weighted by Gasteiger charge is -2.11. The van der Waals surface area contributed by atoms with Gasteiger partial charge in [-0.15, -0.1) is 11.3 Å². The monoisotopic (exact) mass is 277 g/mol. The van der Waals surface area contributed by atoms with Crippen LogP contribution in [0.15, 0.2) is 29.6 Å². The molecule has 1 heterocycles. The first-order chi connectivity index (χ1) is 8.99. The largest absolute Gasteiger partial charge is 0.322 e. The average molecular weight is 277 g/mol. The van der Waals surface area contributed by atoms with Crippen LogP contribution in [0, 0.1) is 16.0 Å². The van der Waals surface area contributed by atoms with Crippen LogP contribution in [0.3, 0.4) is 0 Å². The predicted octanol–water partition coefficient (Wildman–Crippen LogP) is 3.37. The number of thiazole rings is 1. The van der Waals surface area contributed by atoms with E-state index in [9.17, 15) is 10.1 Å². The molecule has 6 heteroatoms. The lowest BCUT2D eigenvalue weighted by Crippen LogP contribution is -2.16. The number of hydrogen-bond donors (Lipinski definition) is 1. The van der Waals surface area contributed by atoms with E-state index in [-0.39, 0.29) is 11.7 Å². The highest BCUT2D eigenvalue weighted by Gasteiger charge is 2.16. The summed E-state index contributed by atoms with van der Waals surface area (Å²) in [5.74, 6) is 0.309. The Hall–Kier alpha value is -1.79. The number of non-ortho nitro benzene ring substituents is 1. The molecular weight excluding hydrogens is 262 g/mol. The maximum absolute atomic E-state index is 10.8. The normalized spacial score (nSPS) is 12.6. The molecule has 0 aliphatic rings. The van der Waals surface area contributed by atoms with Crippen LogP contribution in [0.25, 0.3) is 11.3 Å². The summed E-state index contributed by atoms with van der Waals surface area (Å²) in [6.07, 6.45) is 0. The standard InChI is InChI=1S/C13H15N3O2S/c1-8(2)12(14)13-15-11(7-19-13)9-4-3-5-10(6-9)16(17)18/h3-8,12H,14H2,1-2H3. The number of nitrogens with two attached hydrogens (primary N) is 1. The minimum Gasteiger partial charge on any atom is -0.322 e. The van der Waals surface area contributed by atoms with Crippen molar-refractivity contribution < 1.29 is 4.92 Å². The number of hydrogen-bond acceptors (Lipinski definition) is 5. The first-order valence-corrected chi connectivity index (χ1v) is 6.83. The molecule has 1 aromatic heterocycles. The van der Waals surface area contributed by atoms with E-state index in [1.807, 2.05) is 25.3 Å². The molecule has 0 radical (unpaired) electrons. The van der Waals surface area contributed by atoms with Crippen molar-refractivity contribution in [2.75, 3.05) is 0 Å². The third-order valence-electron chi connectivity index (χ3n) is 2.88. The van der Waals surface area contributed by atoms with Crippen molar-refractivity contribution in [3.63, 3.8) is 0 Å². The Bertz CT molecular complexity index is 595. The van der Waals surface area contributed by atoms with E-state index in [1.54, 1.807) is 6.07 Å². The summed E-state index contributed by atoms with van der Waals surface area (Å²) < 4.78 is 0. The highest BCUT2D eigenvalue weighted by atomic mass is 32.1. The summed E-state index contributed by atoms with van der Waals surface area (Å²) >= 11 is 1.49. The van der Waals surface area contributed by atoms with E-state index in [0.29, 0.717) is 5.92 Å². The zero-order chi connectivity index (χ0) is 14.0. The SMILES string of the molecule is CC(C)C(N)c1nc(-c2cccc([N+](=O)[O-])c2)cs1. The zero-order valence-corrected chi connectivity index (χ0v) is 11.6. The van der Waals surface area contributed by atoms with Crippen molar-refractivity contribution >= 4 is 17.0 Å². The quantitative estimate of drug-likeness (QED) is 0.686. The molecule has 1 aromatic carbocycles. The average Bonchev–Trinajstić information content (AvgIpc) is 2.87. The third-order valence-corrected chi connectivity index (χ3v) is 3.82. The first-order valence-electron chi connectivity index (χ1n) is 5.95. The van der Waals surface area contributed by atoms with Crippen LogP contribution in [0.4, 0.5) is 5.69 Å². The predicted molar refractivity (Wildman–Crippen MR) is 76.0 cm³/mol. The Morgan fingerprint density at radius 1 is 1.42 bits per heavy atom. The lowest BCUT2D eigenvalue weighted by molar-refractivity contribution is -0.384. The molecule has 1 unspecified atom stereocenters. The minimum absolute atomic E-state index is 0.0696. The highest BCUT2D eigenvalue weighted by Crippen LogP contribution is 2.29. The molecule has 0 aliphatic carbocycles. The number of aromatic nitrogens is 1. The minimum atomic E-state index is -0.406. The van der Waals surface area contributed by atoms with Crippen molar-refractivity contribution in [1.29, 1.82) is 0 Å². The van der Waals surface area contributed by atoms with Gasteiger partial charge in [-0.3, -0.25) is 10.1 Å². The van der Waals surface area contributed by atoms with Crippen molar-refractivity contribution in [1.82, 2.24) is 4.98 Å². The highest BCUT2D eigenvalue weighted by molar-refractivity contribution is 7.10. The molecule has 0 fully saturated rings. The third kappa shape index (κ3) is 2.97. The number of nitro groups is 1. The van der Waals surface area contributed by atoms with Gasteiger partial charge in [0, 0.05) is 23.1 Å². The van der Waals surface area contributed by atoms with Crippen LogP contribution in [0.1, 0.15) is 24.9 Å². The van der Waals surface area contributed by atoms with E-state index in [1.165, 1.54) is 23.5 Å². The van der Waals surface area contributed by atoms with Gasteiger partial charge in [0.15, 0.2) is 0 Å². The van der Waals surface area contributed by atoms with E-state index in [4.69, 9.17) is 5.73 Å². The van der Waals surface area contributed by atoms with Crippen molar-refractivity contribution in [3.05, 3.63) is 44.8 Å². The molecule has 100 valence electrons. The van der Waals surface area contributed by atoms with Crippen LogP contribution < -0.4 is 5.73 Å². The Balaban J connectivity index is 2.33. The van der Waals surface area contributed by atoms with Crippen molar-refractivity contribution in [2.24, 2.45) is 11.7 Å². The van der Waals surface area contributed by atoms with Crippen molar-refractivity contribution in [2.45, 2.75) is 19.9 Å². The van der Waals surface area contributed by atoms with Crippen LogP contribution in [-0.4, -0.2) is 9.91 Å². The molecule has 2 rings (SSSR count). The number of nitrogens with zero attached hydrogens (tertiary/aromatic N) is 2. The first kappa shape index (κ1) is 13.6. The molecule has 2 N–H and O–H groups in total. The summed E-state index contributed by atoms with van der Waals surface area (Å²) in [6, 6.07) is 6.37. The zero-order valence-electron chi connectivity index (χ0n) is 10.7. The molecular formula is C13H15N3O2S. The Labute approximate surface area is 115 Å². The van der Waals surface area contributed by atoms with Gasteiger partial charge in [-0.25, -0.2) is 4.98 Å².